The molecule has 5 nitrogen and oxygen atoms in total. The van der Waals surface area contributed by atoms with Crippen LogP contribution in [0, 0.1) is 6.92 Å². The van der Waals surface area contributed by atoms with E-state index in [0.717, 1.165) is 5.56 Å². The number of aliphatic hydroxyl groups is 1. The maximum absolute atomic E-state index is 11.4. The molecule has 1 aromatic heterocycles. The molecule has 0 unspecified atom stereocenters. The highest BCUT2D eigenvalue weighted by atomic mass is 32.2. The van der Waals surface area contributed by atoms with Gasteiger partial charge in [0.25, 0.3) is 0 Å². The van der Waals surface area contributed by atoms with Crippen LogP contribution in [0.15, 0.2) is 18.5 Å². The van der Waals surface area contributed by atoms with E-state index in [4.69, 9.17) is 5.11 Å². The normalized spacial score (nSPS) is 11.3. The van der Waals surface area contributed by atoms with Crippen LogP contribution in [-0.4, -0.2) is 30.9 Å². The minimum Gasteiger partial charge on any atom is -0.396 e. The van der Waals surface area contributed by atoms with Gasteiger partial charge in [-0.2, -0.15) is 0 Å². The van der Waals surface area contributed by atoms with E-state index in [9.17, 15) is 8.42 Å². The van der Waals surface area contributed by atoms with Gasteiger partial charge in [0.2, 0.25) is 10.0 Å². The summed E-state index contributed by atoms with van der Waals surface area (Å²) in [6, 6.07) is 1.70. The Morgan fingerprint density at radius 3 is 2.80 bits per heavy atom. The van der Waals surface area contributed by atoms with Crippen molar-refractivity contribution in [2.45, 2.75) is 13.3 Å². The predicted molar refractivity (Wildman–Crippen MR) is 58.1 cm³/mol. The van der Waals surface area contributed by atoms with E-state index in [1.807, 2.05) is 6.92 Å². The summed E-state index contributed by atoms with van der Waals surface area (Å²) < 4.78 is 25.2. The van der Waals surface area contributed by atoms with E-state index >= 15 is 0 Å². The summed E-state index contributed by atoms with van der Waals surface area (Å²) >= 11 is 0. The van der Waals surface area contributed by atoms with E-state index in [0.29, 0.717) is 5.69 Å². The molecule has 15 heavy (non-hydrogen) atoms. The molecule has 0 bridgehead atoms. The zero-order valence-corrected chi connectivity index (χ0v) is 9.29. The summed E-state index contributed by atoms with van der Waals surface area (Å²) in [7, 11) is -3.36. The molecule has 1 heterocycles. The first kappa shape index (κ1) is 11.9. The minimum absolute atomic E-state index is 0.0859. The van der Waals surface area contributed by atoms with Crippen LogP contribution in [0.5, 0.6) is 0 Å². The standard InChI is InChI=1S/C9H14N2O3S/c1-8-5-9(7-10-6-8)11-15(13,14)4-2-3-12/h5-7,11-12H,2-4H2,1H3. The lowest BCUT2D eigenvalue weighted by Crippen LogP contribution is -2.17. The lowest BCUT2D eigenvalue weighted by Gasteiger charge is -2.06. The Morgan fingerprint density at radius 1 is 1.47 bits per heavy atom. The second kappa shape index (κ2) is 5.09. The van der Waals surface area contributed by atoms with E-state index in [2.05, 4.69) is 9.71 Å². The number of aliphatic hydroxyl groups excluding tert-OH is 1. The van der Waals surface area contributed by atoms with Crippen LogP contribution in [0.1, 0.15) is 12.0 Å². The van der Waals surface area contributed by atoms with Gasteiger partial charge in [0.05, 0.1) is 17.6 Å². The summed E-state index contributed by atoms with van der Waals surface area (Å²) in [5.41, 5.74) is 1.34. The largest absolute Gasteiger partial charge is 0.396 e. The van der Waals surface area contributed by atoms with Crippen molar-refractivity contribution in [3.05, 3.63) is 24.0 Å². The van der Waals surface area contributed by atoms with E-state index in [-0.39, 0.29) is 18.8 Å². The SMILES string of the molecule is Cc1cncc(NS(=O)(=O)CCCO)c1. The number of nitrogens with one attached hydrogen (secondary N) is 1. The zero-order chi connectivity index (χ0) is 11.3. The summed E-state index contributed by atoms with van der Waals surface area (Å²) in [5.74, 6) is -0.0859. The summed E-state index contributed by atoms with van der Waals surface area (Å²) in [6.45, 7) is 1.70. The van der Waals surface area contributed by atoms with Crippen molar-refractivity contribution in [3.63, 3.8) is 0 Å². The molecule has 0 fully saturated rings. The van der Waals surface area contributed by atoms with Crippen LogP contribution in [0.3, 0.4) is 0 Å². The van der Waals surface area contributed by atoms with E-state index in [1.54, 1.807) is 12.3 Å². The van der Waals surface area contributed by atoms with Crippen LogP contribution in [0.2, 0.25) is 0 Å². The van der Waals surface area contributed by atoms with Crippen molar-refractivity contribution in [1.82, 2.24) is 4.98 Å². The Labute approximate surface area is 89.2 Å². The van der Waals surface area contributed by atoms with Gasteiger partial charge in [0.1, 0.15) is 0 Å². The highest BCUT2D eigenvalue weighted by Gasteiger charge is 2.09. The molecule has 84 valence electrons. The Morgan fingerprint density at radius 2 is 2.20 bits per heavy atom. The van der Waals surface area contributed by atoms with Gasteiger partial charge < -0.3 is 5.11 Å². The Hall–Kier alpha value is -1.14. The number of aromatic nitrogens is 1. The van der Waals surface area contributed by atoms with Crippen molar-refractivity contribution >= 4 is 15.7 Å². The first-order valence-corrected chi connectivity index (χ1v) is 6.22. The lowest BCUT2D eigenvalue weighted by molar-refractivity contribution is 0.295. The quantitative estimate of drug-likeness (QED) is 0.772. The van der Waals surface area contributed by atoms with Gasteiger partial charge in [-0.1, -0.05) is 0 Å². The zero-order valence-electron chi connectivity index (χ0n) is 8.47. The van der Waals surface area contributed by atoms with Gasteiger partial charge >= 0.3 is 0 Å². The Bertz CT molecular complexity index is 417. The van der Waals surface area contributed by atoms with Crippen molar-refractivity contribution in [1.29, 1.82) is 0 Å². The molecule has 0 aliphatic heterocycles. The third-order valence-electron chi connectivity index (χ3n) is 1.72. The molecule has 0 spiro atoms. The molecule has 0 saturated carbocycles. The van der Waals surface area contributed by atoms with Crippen molar-refractivity contribution < 1.29 is 13.5 Å². The van der Waals surface area contributed by atoms with Crippen LogP contribution in [0.25, 0.3) is 0 Å². The number of aryl methyl sites for hydroxylation is 1. The molecule has 0 aliphatic rings. The molecule has 6 heteroatoms. The molecule has 0 aliphatic carbocycles. The summed E-state index contributed by atoms with van der Waals surface area (Å²) in [6.07, 6.45) is 3.32. The smallest absolute Gasteiger partial charge is 0.232 e. The molecule has 0 aromatic carbocycles. The highest BCUT2D eigenvalue weighted by Crippen LogP contribution is 2.09. The fourth-order valence-corrected chi connectivity index (χ4v) is 2.18. The Balaban J connectivity index is 2.69. The van der Waals surface area contributed by atoms with Gasteiger partial charge in [0, 0.05) is 12.8 Å². The second-order valence-electron chi connectivity index (χ2n) is 3.25. The lowest BCUT2D eigenvalue weighted by atomic mass is 10.3. The fourth-order valence-electron chi connectivity index (χ4n) is 1.10. The van der Waals surface area contributed by atoms with Gasteiger partial charge in [-0.25, -0.2) is 8.42 Å². The molecule has 0 saturated heterocycles. The monoisotopic (exact) mass is 230 g/mol. The molecular formula is C9H14N2O3S. The number of anilines is 1. The summed E-state index contributed by atoms with van der Waals surface area (Å²) in [4.78, 5) is 3.87. The number of nitrogens with zero attached hydrogens (tertiary/aromatic N) is 1. The summed E-state index contributed by atoms with van der Waals surface area (Å²) in [5, 5.41) is 8.54. The maximum atomic E-state index is 11.4. The number of pyridine rings is 1. The van der Waals surface area contributed by atoms with Gasteiger partial charge in [0.15, 0.2) is 0 Å². The number of sulfonamides is 1. The van der Waals surface area contributed by atoms with Crippen LogP contribution in [-0.2, 0) is 10.0 Å². The molecule has 1 aromatic rings. The third-order valence-corrected chi connectivity index (χ3v) is 3.09. The molecule has 2 N–H and O–H groups in total. The Kier molecular flexibility index (Phi) is 4.05. The molecular weight excluding hydrogens is 216 g/mol. The van der Waals surface area contributed by atoms with Gasteiger partial charge in [-0.05, 0) is 25.0 Å². The van der Waals surface area contributed by atoms with Crippen molar-refractivity contribution in [3.8, 4) is 0 Å². The molecule has 0 atom stereocenters. The third kappa shape index (κ3) is 4.26. The van der Waals surface area contributed by atoms with Crippen molar-refractivity contribution in [2.24, 2.45) is 0 Å². The first-order chi connectivity index (χ1) is 7.03. The molecule has 0 radical (unpaired) electrons. The molecule has 0 amide bonds. The maximum Gasteiger partial charge on any atom is 0.232 e. The minimum atomic E-state index is -3.36. The van der Waals surface area contributed by atoms with Crippen LogP contribution in [0.4, 0.5) is 5.69 Å². The van der Waals surface area contributed by atoms with Crippen LogP contribution >= 0.6 is 0 Å². The number of hydrogen-bond acceptors (Lipinski definition) is 4. The average molecular weight is 230 g/mol. The van der Waals surface area contributed by atoms with Gasteiger partial charge in [-0.15, -0.1) is 0 Å². The van der Waals surface area contributed by atoms with Gasteiger partial charge in [-0.3, -0.25) is 9.71 Å². The highest BCUT2D eigenvalue weighted by molar-refractivity contribution is 7.92. The van der Waals surface area contributed by atoms with Crippen LogP contribution < -0.4 is 4.72 Å². The average Bonchev–Trinajstić information content (AvgIpc) is 2.14. The topological polar surface area (TPSA) is 79.3 Å². The first-order valence-electron chi connectivity index (χ1n) is 4.56. The van der Waals surface area contributed by atoms with E-state index in [1.165, 1.54) is 6.20 Å². The fraction of sp³-hybridized carbons (Fsp3) is 0.444. The van der Waals surface area contributed by atoms with Crippen molar-refractivity contribution in [2.75, 3.05) is 17.1 Å². The predicted octanol–water partition coefficient (Wildman–Crippen LogP) is 0.514. The van der Waals surface area contributed by atoms with E-state index < -0.39 is 10.0 Å². The number of rotatable bonds is 5. The molecule has 1 rings (SSSR count). The number of hydrogen-bond donors (Lipinski definition) is 2. The second-order valence-corrected chi connectivity index (χ2v) is 5.09.